The minimum Gasteiger partial charge on any atom is -0.324 e. The molecule has 0 amide bonds. The van der Waals surface area contributed by atoms with Crippen LogP contribution in [0.25, 0.3) is 33.5 Å². The molecule has 0 atom stereocenters. The van der Waals surface area contributed by atoms with Gasteiger partial charge >= 0.3 is 0 Å². The summed E-state index contributed by atoms with van der Waals surface area (Å²) in [5, 5.41) is 0. The van der Waals surface area contributed by atoms with Gasteiger partial charge in [-0.3, -0.25) is 0 Å². The van der Waals surface area contributed by atoms with E-state index in [0.717, 1.165) is 17.9 Å². The normalized spacial score (nSPS) is 11.1. The van der Waals surface area contributed by atoms with Gasteiger partial charge in [-0.1, -0.05) is 92.9 Å². The van der Waals surface area contributed by atoms with Crippen LogP contribution >= 0.6 is 0 Å². The number of fused-ring (bicyclic) bond motifs is 1. The molecule has 0 aliphatic rings. The van der Waals surface area contributed by atoms with E-state index in [9.17, 15) is 0 Å². The molecule has 0 fully saturated rings. The molecule has 27 heavy (non-hydrogen) atoms. The van der Waals surface area contributed by atoms with Gasteiger partial charge in [0.1, 0.15) is 5.82 Å². The molecular formula is C25H26N2. The zero-order chi connectivity index (χ0) is 18.5. The van der Waals surface area contributed by atoms with Gasteiger partial charge in [-0.15, -0.1) is 0 Å². The molecule has 0 spiro atoms. The molecule has 0 radical (unpaired) electrons. The zero-order valence-electron chi connectivity index (χ0n) is 15.9. The van der Waals surface area contributed by atoms with E-state index in [0.29, 0.717) is 0 Å². The number of hydrogen-bond acceptors (Lipinski definition) is 1. The second kappa shape index (κ2) is 8.22. The highest BCUT2D eigenvalue weighted by molar-refractivity contribution is 5.81. The van der Waals surface area contributed by atoms with Gasteiger partial charge in [-0.2, -0.15) is 0 Å². The second-order valence-electron chi connectivity index (χ2n) is 7.08. The summed E-state index contributed by atoms with van der Waals surface area (Å²) in [6.45, 7) is 3.28. The lowest BCUT2D eigenvalue weighted by molar-refractivity contribution is 0.594. The minimum atomic E-state index is 1.02. The number of nitrogens with zero attached hydrogens (tertiary/aromatic N) is 2. The third-order valence-electron chi connectivity index (χ3n) is 5.14. The summed E-state index contributed by atoms with van der Waals surface area (Å²) in [5.74, 6) is 1.08. The van der Waals surface area contributed by atoms with E-state index in [1.165, 1.54) is 47.9 Å². The molecule has 4 rings (SSSR count). The number of para-hydroxylation sites is 2. The molecule has 2 heteroatoms. The van der Waals surface area contributed by atoms with Gasteiger partial charge in [0, 0.05) is 12.1 Å². The second-order valence-corrected chi connectivity index (χ2v) is 7.08. The first kappa shape index (κ1) is 17.5. The van der Waals surface area contributed by atoms with Crippen molar-refractivity contribution in [1.29, 1.82) is 0 Å². The smallest absolute Gasteiger partial charge is 0.141 e. The quantitative estimate of drug-likeness (QED) is 0.328. The van der Waals surface area contributed by atoms with Crippen LogP contribution in [0.1, 0.15) is 32.6 Å². The van der Waals surface area contributed by atoms with Crippen molar-refractivity contribution < 1.29 is 0 Å². The lowest BCUT2D eigenvalue weighted by Gasteiger charge is -2.10. The number of imidazole rings is 1. The third-order valence-corrected chi connectivity index (χ3v) is 5.14. The fourth-order valence-corrected chi connectivity index (χ4v) is 3.66. The Hall–Kier alpha value is -2.87. The molecule has 0 aliphatic carbocycles. The van der Waals surface area contributed by atoms with Crippen molar-refractivity contribution in [3.05, 3.63) is 78.9 Å². The predicted molar refractivity (Wildman–Crippen MR) is 115 cm³/mol. The van der Waals surface area contributed by atoms with Gasteiger partial charge in [0.15, 0.2) is 0 Å². The molecule has 0 N–H and O–H groups in total. The molecule has 136 valence electrons. The number of rotatable bonds is 7. The molecule has 4 aromatic rings. The van der Waals surface area contributed by atoms with Crippen LogP contribution in [0.15, 0.2) is 78.9 Å². The lowest BCUT2D eigenvalue weighted by Crippen LogP contribution is -2.01. The van der Waals surface area contributed by atoms with Crippen LogP contribution in [-0.4, -0.2) is 9.55 Å². The standard InChI is InChI=1S/C25H26N2/c1-2-3-4-10-19-27-24-14-9-8-13-23(24)26-25(27)22-17-15-21(16-18-22)20-11-6-5-7-12-20/h5-9,11-18H,2-4,10,19H2,1H3. The molecule has 0 saturated carbocycles. The summed E-state index contributed by atoms with van der Waals surface area (Å²) in [7, 11) is 0. The van der Waals surface area contributed by atoms with Crippen LogP contribution < -0.4 is 0 Å². The Morgan fingerprint density at radius 1 is 0.667 bits per heavy atom. The summed E-state index contributed by atoms with van der Waals surface area (Å²) < 4.78 is 2.39. The van der Waals surface area contributed by atoms with Crippen molar-refractivity contribution in [2.45, 2.75) is 39.2 Å². The molecule has 0 unspecified atom stereocenters. The number of aromatic nitrogens is 2. The van der Waals surface area contributed by atoms with Gasteiger partial charge < -0.3 is 4.57 Å². The van der Waals surface area contributed by atoms with E-state index in [1.54, 1.807) is 0 Å². The maximum atomic E-state index is 4.95. The molecule has 1 aromatic heterocycles. The summed E-state index contributed by atoms with van der Waals surface area (Å²) in [4.78, 5) is 4.95. The van der Waals surface area contributed by atoms with Gasteiger partial charge in [0.25, 0.3) is 0 Å². The summed E-state index contributed by atoms with van der Waals surface area (Å²) in [5.41, 5.74) is 5.98. The first-order valence-corrected chi connectivity index (χ1v) is 9.98. The average Bonchev–Trinajstić information content (AvgIpc) is 3.11. The molecular weight excluding hydrogens is 328 g/mol. The molecule has 2 nitrogen and oxygen atoms in total. The Bertz CT molecular complexity index is 998. The van der Waals surface area contributed by atoms with Gasteiger partial charge in [-0.05, 0) is 29.7 Å². The summed E-state index contributed by atoms with van der Waals surface area (Å²) in [6.07, 6.45) is 5.03. The minimum absolute atomic E-state index is 1.02. The van der Waals surface area contributed by atoms with Crippen molar-refractivity contribution in [3.8, 4) is 22.5 Å². The number of aryl methyl sites for hydroxylation is 1. The maximum absolute atomic E-state index is 4.95. The third kappa shape index (κ3) is 3.80. The first-order valence-electron chi connectivity index (χ1n) is 9.98. The number of benzene rings is 3. The molecule has 0 saturated heterocycles. The Balaban J connectivity index is 1.68. The SMILES string of the molecule is CCCCCCn1c(-c2ccc(-c3ccccc3)cc2)nc2ccccc21. The number of hydrogen-bond donors (Lipinski definition) is 0. The van der Waals surface area contributed by atoms with Crippen LogP contribution in [-0.2, 0) is 6.54 Å². The summed E-state index contributed by atoms with van der Waals surface area (Å²) >= 11 is 0. The van der Waals surface area contributed by atoms with Crippen molar-refractivity contribution >= 4 is 11.0 Å². The Kier molecular flexibility index (Phi) is 5.34. The summed E-state index contributed by atoms with van der Waals surface area (Å²) in [6, 6.07) is 27.8. The van der Waals surface area contributed by atoms with E-state index in [4.69, 9.17) is 4.98 Å². The molecule has 1 heterocycles. The predicted octanol–water partition coefficient (Wildman–Crippen LogP) is 6.95. The van der Waals surface area contributed by atoms with Crippen LogP contribution in [0.5, 0.6) is 0 Å². The van der Waals surface area contributed by atoms with E-state index in [-0.39, 0.29) is 0 Å². The van der Waals surface area contributed by atoms with E-state index in [1.807, 2.05) is 0 Å². The molecule has 0 bridgehead atoms. The van der Waals surface area contributed by atoms with Crippen LogP contribution in [0.4, 0.5) is 0 Å². The monoisotopic (exact) mass is 354 g/mol. The van der Waals surface area contributed by atoms with Gasteiger partial charge in [0.05, 0.1) is 11.0 Å². The lowest BCUT2D eigenvalue weighted by atomic mass is 10.0. The molecule has 0 aliphatic heterocycles. The maximum Gasteiger partial charge on any atom is 0.141 e. The highest BCUT2D eigenvalue weighted by atomic mass is 15.1. The fourth-order valence-electron chi connectivity index (χ4n) is 3.66. The largest absolute Gasteiger partial charge is 0.324 e. The van der Waals surface area contributed by atoms with E-state index in [2.05, 4.69) is 90.4 Å². The van der Waals surface area contributed by atoms with E-state index >= 15 is 0 Å². The highest BCUT2D eigenvalue weighted by Crippen LogP contribution is 2.28. The van der Waals surface area contributed by atoms with Crippen molar-refractivity contribution in [2.75, 3.05) is 0 Å². The highest BCUT2D eigenvalue weighted by Gasteiger charge is 2.12. The Labute approximate surface area is 161 Å². The topological polar surface area (TPSA) is 17.8 Å². The van der Waals surface area contributed by atoms with Gasteiger partial charge in [0.2, 0.25) is 0 Å². The van der Waals surface area contributed by atoms with Crippen molar-refractivity contribution in [2.24, 2.45) is 0 Å². The van der Waals surface area contributed by atoms with Crippen molar-refractivity contribution in [1.82, 2.24) is 9.55 Å². The average molecular weight is 354 g/mol. The van der Waals surface area contributed by atoms with Crippen LogP contribution in [0.3, 0.4) is 0 Å². The fraction of sp³-hybridized carbons (Fsp3) is 0.240. The zero-order valence-corrected chi connectivity index (χ0v) is 15.9. The van der Waals surface area contributed by atoms with Crippen LogP contribution in [0, 0.1) is 0 Å². The molecule has 3 aromatic carbocycles. The van der Waals surface area contributed by atoms with Crippen LogP contribution in [0.2, 0.25) is 0 Å². The van der Waals surface area contributed by atoms with E-state index < -0.39 is 0 Å². The Morgan fingerprint density at radius 2 is 1.33 bits per heavy atom. The number of unbranched alkanes of at least 4 members (excludes halogenated alkanes) is 3. The first-order chi connectivity index (χ1) is 13.4. The van der Waals surface area contributed by atoms with Gasteiger partial charge in [-0.25, -0.2) is 4.98 Å². The Morgan fingerprint density at radius 3 is 2.11 bits per heavy atom. The van der Waals surface area contributed by atoms with Crippen molar-refractivity contribution in [3.63, 3.8) is 0 Å².